The molecule has 0 aliphatic carbocycles. The van der Waals surface area contributed by atoms with Crippen molar-refractivity contribution in [3.05, 3.63) is 75.6 Å². The van der Waals surface area contributed by atoms with Crippen LogP contribution in [-0.2, 0) is 4.74 Å². The first-order chi connectivity index (χ1) is 12.6. The molecule has 0 aliphatic heterocycles. The molecule has 5 heteroatoms. The second-order valence-corrected chi connectivity index (χ2v) is 5.40. The first kappa shape index (κ1) is 17.3. The molecule has 1 aromatic heterocycles. The third-order valence-electron chi connectivity index (χ3n) is 3.67. The van der Waals surface area contributed by atoms with E-state index in [9.17, 15) is 9.59 Å². The lowest BCUT2D eigenvalue weighted by Crippen LogP contribution is -2.16. The fourth-order valence-corrected chi connectivity index (χ4v) is 2.36. The first-order valence-corrected chi connectivity index (χ1v) is 8.02. The van der Waals surface area contributed by atoms with Crippen LogP contribution in [0.3, 0.4) is 0 Å². The Labute approximate surface area is 150 Å². The van der Waals surface area contributed by atoms with Crippen LogP contribution in [0.2, 0.25) is 0 Å². The van der Waals surface area contributed by atoms with Gasteiger partial charge in [-0.05, 0) is 55.5 Å². The molecule has 0 atom stereocenters. The second-order valence-electron chi connectivity index (χ2n) is 5.40. The number of fused-ring (bicyclic) bond motifs is 1. The van der Waals surface area contributed by atoms with Gasteiger partial charge in [-0.15, -0.1) is 0 Å². The van der Waals surface area contributed by atoms with Gasteiger partial charge in [0.2, 0.25) is 0 Å². The second kappa shape index (κ2) is 7.58. The van der Waals surface area contributed by atoms with Crippen LogP contribution in [0.5, 0.6) is 5.75 Å². The van der Waals surface area contributed by atoms with Crippen molar-refractivity contribution in [3.8, 4) is 17.6 Å². The molecule has 0 radical (unpaired) electrons. The van der Waals surface area contributed by atoms with Crippen LogP contribution in [0.4, 0.5) is 0 Å². The number of methoxy groups -OCH3 is 1. The van der Waals surface area contributed by atoms with Crippen molar-refractivity contribution in [1.29, 1.82) is 0 Å². The smallest absolute Gasteiger partial charge is 0.351 e. The van der Waals surface area contributed by atoms with Gasteiger partial charge in [0.1, 0.15) is 16.9 Å². The fourth-order valence-electron chi connectivity index (χ4n) is 2.36. The van der Waals surface area contributed by atoms with Crippen molar-refractivity contribution >= 4 is 16.9 Å². The minimum atomic E-state index is -0.726. The summed E-state index contributed by atoms with van der Waals surface area (Å²) in [6, 6.07) is 14.1. The Hall–Kier alpha value is -3.52. The van der Waals surface area contributed by atoms with Crippen LogP contribution in [0, 0.1) is 11.8 Å². The van der Waals surface area contributed by atoms with Gasteiger partial charge < -0.3 is 13.9 Å². The lowest BCUT2D eigenvalue weighted by atomic mass is 10.1. The van der Waals surface area contributed by atoms with E-state index in [1.807, 2.05) is 24.3 Å². The highest BCUT2D eigenvalue weighted by Gasteiger charge is 2.14. The molecule has 0 bridgehead atoms. The summed E-state index contributed by atoms with van der Waals surface area (Å²) < 4.78 is 15.2. The van der Waals surface area contributed by atoms with Crippen LogP contribution in [0.25, 0.3) is 11.0 Å². The molecule has 0 saturated heterocycles. The summed E-state index contributed by atoms with van der Waals surface area (Å²) in [5.74, 6) is 6.14. The van der Waals surface area contributed by atoms with Crippen molar-refractivity contribution in [3.63, 3.8) is 0 Å². The molecule has 0 N–H and O–H groups in total. The minimum absolute atomic E-state index is 0.114. The Bertz CT molecular complexity index is 1070. The summed E-state index contributed by atoms with van der Waals surface area (Å²) in [5, 5.41) is 0.627. The molecule has 3 aromatic rings. The number of hydrogen-bond acceptors (Lipinski definition) is 5. The Morgan fingerprint density at radius 3 is 2.42 bits per heavy atom. The third kappa shape index (κ3) is 3.76. The van der Waals surface area contributed by atoms with Gasteiger partial charge >= 0.3 is 11.6 Å². The molecule has 26 heavy (non-hydrogen) atoms. The molecular formula is C21H16O5. The topological polar surface area (TPSA) is 65.7 Å². The monoisotopic (exact) mass is 348 g/mol. The highest BCUT2D eigenvalue weighted by molar-refractivity contribution is 5.93. The van der Waals surface area contributed by atoms with Gasteiger partial charge in [-0.3, -0.25) is 0 Å². The highest BCUT2D eigenvalue weighted by atomic mass is 16.5. The maximum atomic E-state index is 12.0. The van der Waals surface area contributed by atoms with E-state index in [1.54, 1.807) is 32.2 Å². The summed E-state index contributed by atoms with van der Waals surface area (Å²) in [7, 11) is 1.61. The maximum Gasteiger partial charge on any atom is 0.351 e. The van der Waals surface area contributed by atoms with Gasteiger partial charge in [-0.25, -0.2) is 9.59 Å². The average molecular weight is 348 g/mol. The molecule has 0 spiro atoms. The van der Waals surface area contributed by atoms with Crippen LogP contribution in [0.15, 0.2) is 57.7 Å². The van der Waals surface area contributed by atoms with E-state index in [-0.39, 0.29) is 12.2 Å². The zero-order valence-electron chi connectivity index (χ0n) is 14.4. The van der Waals surface area contributed by atoms with Crippen molar-refractivity contribution in [1.82, 2.24) is 0 Å². The van der Waals surface area contributed by atoms with Crippen LogP contribution < -0.4 is 10.4 Å². The predicted molar refractivity (Wildman–Crippen MR) is 97.4 cm³/mol. The molecule has 0 amide bonds. The predicted octanol–water partition coefficient (Wildman–Crippen LogP) is 3.38. The lowest BCUT2D eigenvalue weighted by Gasteiger charge is -2.02. The van der Waals surface area contributed by atoms with Crippen LogP contribution >= 0.6 is 0 Å². The van der Waals surface area contributed by atoms with Crippen molar-refractivity contribution in [2.45, 2.75) is 6.92 Å². The van der Waals surface area contributed by atoms with Crippen molar-refractivity contribution in [2.75, 3.05) is 13.7 Å². The van der Waals surface area contributed by atoms with Gasteiger partial charge in [0.25, 0.3) is 0 Å². The Morgan fingerprint density at radius 1 is 1.04 bits per heavy atom. The van der Waals surface area contributed by atoms with E-state index >= 15 is 0 Å². The van der Waals surface area contributed by atoms with Crippen LogP contribution in [0.1, 0.15) is 28.4 Å². The van der Waals surface area contributed by atoms with Gasteiger partial charge in [0.05, 0.1) is 13.7 Å². The molecule has 0 aliphatic rings. The van der Waals surface area contributed by atoms with E-state index < -0.39 is 11.6 Å². The molecule has 0 unspecified atom stereocenters. The summed E-state index contributed by atoms with van der Waals surface area (Å²) in [6.45, 7) is 1.87. The molecule has 0 fully saturated rings. The quantitative estimate of drug-likeness (QED) is 0.412. The highest BCUT2D eigenvalue weighted by Crippen LogP contribution is 2.16. The van der Waals surface area contributed by atoms with E-state index in [2.05, 4.69) is 11.8 Å². The van der Waals surface area contributed by atoms with Gasteiger partial charge in [0.15, 0.2) is 0 Å². The minimum Gasteiger partial charge on any atom is -0.497 e. The molecule has 130 valence electrons. The summed E-state index contributed by atoms with van der Waals surface area (Å²) in [4.78, 5) is 23.8. The maximum absolute atomic E-state index is 12.0. The summed E-state index contributed by atoms with van der Waals surface area (Å²) >= 11 is 0. The Kier molecular flexibility index (Phi) is 5.04. The van der Waals surface area contributed by atoms with Crippen molar-refractivity contribution < 1.29 is 18.7 Å². The number of hydrogen-bond donors (Lipinski definition) is 0. The molecule has 0 saturated carbocycles. The van der Waals surface area contributed by atoms with Gasteiger partial charge in [-0.1, -0.05) is 11.8 Å². The van der Waals surface area contributed by atoms with Crippen molar-refractivity contribution in [2.24, 2.45) is 0 Å². The summed E-state index contributed by atoms with van der Waals surface area (Å²) in [6.07, 6.45) is 0. The van der Waals surface area contributed by atoms with E-state index in [1.165, 1.54) is 6.07 Å². The first-order valence-electron chi connectivity index (χ1n) is 8.02. The molecule has 2 aromatic carbocycles. The number of rotatable bonds is 3. The standard InChI is InChI=1S/C21H16O5/c1-3-25-20(22)18-13-16-9-6-15(12-19(16)26-21(18)23)5-4-14-7-10-17(24-2)11-8-14/h6-13H,3H2,1-2H3. The normalized spacial score (nSPS) is 10.1. The number of benzene rings is 2. The SMILES string of the molecule is CCOC(=O)c1cc2ccc(C#Cc3ccc(OC)cc3)cc2oc1=O. The molecular weight excluding hydrogens is 332 g/mol. The van der Waals surface area contributed by atoms with E-state index in [0.29, 0.717) is 16.5 Å². The van der Waals surface area contributed by atoms with Gasteiger partial charge in [0, 0.05) is 16.5 Å². The summed E-state index contributed by atoms with van der Waals surface area (Å²) in [5.41, 5.74) is 1.06. The molecule has 3 rings (SSSR count). The van der Waals surface area contributed by atoms with E-state index in [4.69, 9.17) is 13.9 Å². The third-order valence-corrected chi connectivity index (χ3v) is 3.67. The lowest BCUT2D eigenvalue weighted by molar-refractivity contribution is 0.0522. The largest absolute Gasteiger partial charge is 0.497 e. The number of ether oxygens (including phenoxy) is 2. The number of esters is 1. The zero-order chi connectivity index (χ0) is 18.5. The van der Waals surface area contributed by atoms with E-state index in [0.717, 1.165) is 11.3 Å². The fraction of sp³-hybridized carbons (Fsp3) is 0.143. The zero-order valence-corrected chi connectivity index (χ0v) is 14.4. The average Bonchev–Trinajstić information content (AvgIpc) is 2.66. The number of carbonyl (C=O) groups excluding carboxylic acids is 1. The van der Waals surface area contributed by atoms with Gasteiger partial charge in [-0.2, -0.15) is 0 Å². The molecule has 1 heterocycles. The molecule has 5 nitrogen and oxygen atoms in total. The Balaban J connectivity index is 1.92. The number of carbonyl (C=O) groups is 1. The Morgan fingerprint density at radius 2 is 1.73 bits per heavy atom. The van der Waals surface area contributed by atoms with Crippen LogP contribution in [-0.4, -0.2) is 19.7 Å².